The largest absolute Gasteiger partial charge is 0.297 e. The van der Waals surface area contributed by atoms with E-state index in [1.807, 2.05) is 0 Å². The van der Waals surface area contributed by atoms with Crippen LogP contribution < -0.4 is 4.57 Å². The van der Waals surface area contributed by atoms with Crippen LogP contribution in [0.4, 0.5) is 0 Å². The smallest absolute Gasteiger partial charge is 0.213 e. The zero-order valence-electron chi connectivity index (χ0n) is 23.9. The first kappa shape index (κ1) is 24.8. The van der Waals surface area contributed by atoms with E-state index in [-0.39, 0.29) is 5.54 Å². The van der Waals surface area contributed by atoms with E-state index >= 15 is 0 Å². The number of pyridine rings is 1. The molecule has 7 rings (SSSR count). The molecule has 6 aromatic rings. The molecule has 0 N–H and O–H groups in total. The molecule has 0 radical (unpaired) electrons. The molecule has 0 aliphatic carbocycles. The molecule has 2 heteroatoms. The van der Waals surface area contributed by atoms with Crippen molar-refractivity contribution in [1.82, 2.24) is 4.40 Å². The highest BCUT2D eigenvalue weighted by atomic mass is 15.2. The van der Waals surface area contributed by atoms with Gasteiger partial charge in [0.05, 0.1) is 5.39 Å². The third-order valence-corrected chi connectivity index (χ3v) is 9.37. The molecule has 0 saturated carbocycles. The number of unbranched alkanes of at least 4 members (excludes halogenated alkanes) is 1. The summed E-state index contributed by atoms with van der Waals surface area (Å²) in [6, 6.07) is 36.1. The predicted molar refractivity (Wildman–Crippen MR) is 170 cm³/mol. The summed E-state index contributed by atoms with van der Waals surface area (Å²) in [5, 5.41) is 2.62. The molecule has 2 aromatic heterocycles. The highest BCUT2D eigenvalue weighted by molar-refractivity contribution is 6.14. The van der Waals surface area contributed by atoms with Crippen molar-refractivity contribution in [1.29, 1.82) is 0 Å². The average molecular weight is 522 g/mol. The van der Waals surface area contributed by atoms with Crippen molar-refractivity contribution in [3.63, 3.8) is 0 Å². The molecule has 0 atom stereocenters. The third-order valence-electron chi connectivity index (χ3n) is 9.37. The standard InChI is InChI=1S/C38H37N2/c1-5-8-16-27-17-14-20-29(25-27)34-31-22-15-21-30-26(4)38(6-2,7-3)40-33-24-13-12-23-32(33)39(37(40)35(30)31)36(34)28-18-10-9-11-19-28/h9-15,17-25H,4-8,16H2,1-3H3/q+1. The van der Waals surface area contributed by atoms with E-state index in [2.05, 4.69) is 127 Å². The Bertz CT molecular complexity index is 1920. The number of rotatable bonds is 7. The third kappa shape index (κ3) is 3.32. The maximum absolute atomic E-state index is 4.81. The van der Waals surface area contributed by atoms with Crippen molar-refractivity contribution in [2.24, 2.45) is 0 Å². The van der Waals surface area contributed by atoms with Crippen LogP contribution in [0.1, 0.15) is 57.6 Å². The molecule has 198 valence electrons. The normalized spacial score (nSPS) is 14.1. The topological polar surface area (TPSA) is 8.29 Å². The number of hydrogen-bond donors (Lipinski definition) is 0. The minimum Gasteiger partial charge on any atom is -0.213 e. The summed E-state index contributed by atoms with van der Waals surface area (Å²) in [6.45, 7) is 11.7. The van der Waals surface area contributed by atoms with Crippen molar-refractivity contribution in [2.45, 2.75) is 58.4 Å². The highest BCUT2D eigenvalue weighted by Crippen LogP contribution is 2.49. The van der Waals surface area contributed by atoms with Gasteiger partial charge in [-0.25, -0.2) is 4.57 Å². The second-order valence-corrected chi connectivity index (χ2v) is 11.3. The Labute approximate surface area is 237 Å². The summed E-state index contributed by atoms with van der Waals surface area (Å²) in [5.74, 6) is 0. The first-order chi connectivity index (χ1) is 19.6. The van der Waals surface area contributed by atoms with Crippen molar-refractivity contribution in [3.8, 4) is 22.4 Å². The molecule has 1 aliphatic heterocycles. The van der Waals surface area contributed by atoms with Gasteiger partial charge in [0.1, 0.15) is 11.2 Å². The van der Waals surface area contributed by atoms with Gasteiger partial charge in [-0.3, -0.25) is 0 Å². The van der Waals surface area contributed by atoms with E-state index in [1.54, 1.807) is 0 Å². The molecule has 3 heterocycles. The molecule has 4 aromatic carbocycles. The van der Waals surface area contributed by atoms with Crippen LogP contribution in [0.5, 0.6) is 0 Å². The van der Waals surface area contributed by atoms with Crippen LogP contribution >= 0.6 is 0 Å². The Balaban J connectivity index is 1.76. The fourth-order valence-electron chi connectivity index (χ4n) is 7.35. The fourth-order valence-corrected chi connectivity index (χ4v) is 7.35. The van der Waals surface area contributed by atoms with Gasteiger partial charge in [-0.05, 0) is 54.5 Å². The number of nitrogens with zero attached hydrogens (tertiary/aromatic N) is 2. The summed E-state index contributed by atoms with van der Waals surface area (Å²) in [4.78, 5) is 0. The average Bonchev–Trinajstić information content (AvgIpc) is 3.36. The lowest BCUT2D eigenvalue weighted by Gasteiger charge is -2.35. The van der Waals surface area contributed by atoms with E-state index in [0.29, 0.717) is 0 Å². The van der Waals surface area contributed by atoms with Crippen molar-refractivity contribution >= 4 is 33.0 Å². The van der Waals surface area contributed by atoms with Gasteiger partial charge in [-0.2, -0.15) is 4.40 Å². The van der Waals surface area contributed by atoms with E-state index in [9.17, 15) is 0 Å². The van der Waals surface area contributed by atoms with Crippen LogP contribution in [0.3, 0.4) is 0 Å². The Kier molecular flexibility index (Phi) is 5.89. The van der Waals surface area contributed by atoms with Crippen LogP contribution in [0.25, 0.3) is 55.4 Å². The van der Waals surface area contributed by atoms with Crippen LogP contribution in [0, 0.1) is 0 Å². The number of para-hydroxylation sites is 2. The van der Waals surface area contributed by atoms with Crippen molar-refractivity contribution in [3.05, 3.63) is 115 Å². The molecule has 2 nitrogen and oxygen atoms in total. The first-order valence-corrected chi connectivity index (χ1v) is 14.9. The molecule has 0 saturated heterocycles. The number of aryl methyl sites for hydroxylation is 1. The molecule has 0 amide bonds. The number of fused-ring (bicyclic) bond motifs is 3. The zero-order valence-corrected chi connectivity index (χ0v) is 23.9. The molecule has 0 unspecified atom stereocenters. The highest BCUT2D eigenvalue weighted by Gasteiger charge is 2.47. The summed E-state index contributed by atoms with van der Waals surface area (Å²) in [7, 11) is 0. The summed E-state index contributed by atoms with van der Waals surface area (Å²) < 4.78 is 5.20. The molecule has 0 fully saturated rings. The van der Waals surface area contributed by atoms with Gasteiger partial charge < -0.3 is 0 Å². The zero-order chi connectivity index (χ0) is 27.4. The molecular formula is C38H37N2+. The summed E-state index contributed by atoms with van der Waals surface area (Å²) >= 11 is 0. The molecule has 0 spiro atoms. The SMILES string of the molecule is C=C1c2cccc3c(-c4cccc(CCCC)c4)c(-c4ccccc4)n4c5ccccc5[n+](c4c23)C1(CC)CC. The Morgan fingerprint density at radius 2 is 1.50 bits per heavy atom. The van der Waals surface area contributed by atoms with Crippen molar-refractivity contribution in [2.75, 3.05) is 0 Å². The Morgan fingerprint density at radius 3 is 2.27 bits per heavy atom. The van der Waals surface area contributed by atoms with Gasteiger partial charge >= 0.3 is 0 Å². The Morgan fingerprint density at radius 1 is 0.775 bits per heavy atom. The van der Waals surface area contributed by atoms with Gasteiger partial charge in [0.2, 0.25) is 0 Å². The summed E-state index contributed by atoms with van der Waals surface area (Å²) in [5.41, 5.74) is 12.6. The van der Waals surface area contributed by atoms with E-state index in [4.69, 9.17) is 6.58 Å². The summed E-state index contributed by atoms with van der Waals surface area (Å²) in [6.07, 6.45) is 5.50. The number of aromatic nitrogens is 2. The minimum absolute atomic E-state index is 0.175. The number of imidazole rings is 1. The molecule has 0 bridgehead atoms. The number of allylic oxidation sites excluding steroid dienone is 1. The van der Waals surface area contributed by atoms with Gasteiger partial charge in [0.25, 0.3) is 5.65 Å². The maximum Gasteiger partial charge on any atom is 0.297 e. The molecule has 40 heavy (non-hydrogen) atoms. The fraction of sp³-hybridized carbons (Fsp3) is 0.237. The van der Waals surface area contributed by atoms with Crippen molar-refractivity contribution < 1.29 is 4.57 Å². The number of benzene rings is 4. The lowest BCUT2D eigenvalue weighted by Crippen LogP contribution is -2.57. The molecular weight excluding hydrogens is 484 g/mol. The first-order valence-electron chi connectivity index (χ1n) is 14.9. The van der Waals surface area contributed by atoms with Gasteiger partial charge in [-0.1, -0.05) is 119 Å². The van der Waals surface area contributed by atoms with Crippen LogP contribution in [-0.4, -0.2) is 4.40 Å². The van der Waals surface area contributed by atoms with E-state index in [0.717, 1.165) is 19.3 Å². The van der Waals surface area contributed by atoms with Crippen LogP contribution in [0.2, 0.25) is 0 Å². The molecule has 1 aliphatic rings. The lowest BCUT2D eigenvalue weighted by atomic mass is 9.76. The van der Waals surface area contributed by atoms with Crippen LogP contribution in [-0.2, 0) is 12.0 Å². The maximum atomic E-state index is 4.81. The lowest BCUT2D eigenvalue weighted by molar-refractivity contribution is -0.703. The van der Waals surface area contributed by atoms with Gasteiger partial charge in [0.15, 0.2) is 11.0 Å². The Hall–Kier alpha value is -4.17. The number of hydrogen-bond acceptors (Lipinski definition) is 0. The van der Waals surface area contributed by atoms with E-state index in [1.165, 1.54) is 79.4 Å². The van der Waals surface area contributed by atoms with Gasteiger partial charge in [-0.15, -0.1) is 0 Å². The van der Waals surface area contributed by atoms with Gasteiger partial charge in [0, 0.05) is 22.1 Å². The monoisotopic (exact) mass is 521 g/mol. The second kappa shape index (κ2) is 9.48. The van der Waals surface area contributed by atoms with E-state index < -0.39 is 0 Å². The quantitative estimate of drug-likeness (QED) is 0.185. The predicted octanol–water partition coefficient (Wildman–Crippen LogP) is 9.75. The second-order valence-electron chi connectivity index (χ2n) is 11.3. The minimum atomic E-state index is -0.175. The van der Waals surface area contributed by atoms with Crippen LogP contribution in [0.15, 0.2) is 104 Å².